The minimum Gasteiger partial charge on any atom is -0.264 e. The van der Waals surface area contributed by atoms with Gasteiger partial charge >= 0.3 is 0 Å². The van der Waals surface area contributed by atoms with Crippen molar-refractivity contribution in [2.24, 2.45) is 0 Å². The maximum absolute atomic E-state index is 12.2. The second-order valence-electron chi connectivity index (χ2n) is 6.07. The number of pyridine rings is 1. The zero-order valence-corrected chi connectivity index (χ0v) is 14.6. The number of sulfonamides is 1. The van der Waals surface area contributed by atoms with Crippen molar-refractivity contribution in [2.75, 3.05) is 5.75 Å². The van der Waals surface area contributed by atoms with Crippen molar-refractivity contribution in [1.29, 1.82) is 0 Å². The van der Waals surface area contributed by atoms with E-state index in [0.717, 1.165) is 42.5 Å². The molecule has 2 heterocycles. The first-order chi connectivity index (χ1) is 11.6. The molecule has 0 spiro atoms. The van der Waals surface area contributed by atoms with Gasteiger partial charge in [0, 0.05) is 41.5 Å². The van der Waals surface area contributed by atoms with Crippen LogP contribution >= 0.6 is 0 Å². The van der Waals surface area contributed by atoms with E-state index in [0.29, 0.717) is 12.2 Å². The minimum atomic E-state index is -3.26. The van der Waals surface area contributed by atoms with Crippen molar-refractivity contribution in [1.82, 2.24) is 19.7 Å². The first-order valence-corrected chi connectivity index (χ1v) is 10.0. The van der Waals surface area contributed by atoms with Gasteiger partial charge in [0.05, 0.1) is 5.75 Å². The summed E-state index contributed by atoms with van der Waals surface area (Å²) in [5, 5.41) is 0. The molecular formula is C17H22N4O2S. The average Bonchev–Trinajstić information content (AvgIpc) is 2.60. The zero-order valence-electron chi connectivity index (χ0n) is 13.8. The lowest BCUT2D eigenvalue weighted by atomic mass is 9.93. The summed E-state index contributed by atoms with van der Waals surface area (Å²) in [5.41, 5.74) is 2.69. The fraction of sp³-hybridized carbons (Fsp3) is 0.471. The lowest BCUT2D eigenvalue weighted by Gasteiger charge is -2.25. The van der Waals surface area contributed by atoms with Crippen LogP contribution in [0.1, 0.15) is 49.9 Å². The molecule has 1 aliphatic rings. The summed E-state index contributed by atoms with van der Waals surface area (Å²) in [6, 6.07) is 3.55. The van der Waals surface area contributed by atoms with E-state index >= 15 is 0 Å². The maximum Gasteiger partial charge on any atom is 0.212 e. The fourth-order valence-corrected chi connectivity index (χ4v) is 4.38. The van der Waals surface area contributed by atoms with Crippen LogP contribution in [0.2, 0.25) is 0 Å². The molecule has 0 saturated heterocycles. The first kappa shape index (κ1) is 17.0. The lowest BCUT2D eigenvalue weighted by molar-refractivity contribution is 0.499. The number of nitrogens with one attached hydrogen (secondary N) is 1. The second kappa shape index (κ2) is 7.36. The molecular weight excluding hydrogens is 324 g/mol. The van der Waals surface area contributed by atoms with Crippen molar-refractivity contribution in [3.8, 4) is 11.4 Å². The highest BCUT2D eigenvalue weighted by molar-refractivity contribution is 7.89. The van der Waals surface area contributed by atoms with Crippen LogP contribution in [0.25, 0.3) is 11.4 Å². The molecule has 1 unspecified atom stereocenters. The molecule has 0 bridgehead atoms. The highest BCUT2D eigenvalue weighted by Crippen LogP contribution is 2.30. The molecule has 1 atom stereocenters. The molecule has 0 saturated carbocycles. The molecule has 24 heavy (non-hydrogen) atoms. The maximum atomic E-state index is 12.2. The first-order valence-electron chi connectivity index (χ1n) is 8.35. The van der Waals surface area contributed by atoms with Gasteiger partial charge in [-0.05, 0) is 37.8 Å². The van der Waals surface area contributed by atoms with Crippen LogP contribution in [0.5, 0.6) is 0 Å². The van der Waals surface area contributed by atoms with Crippen LogP contribution in [0.15, 0.2) is 30.7 Å². The van der Waals surface area contributed by atoms with Crippen LogP contribution in [0.4, 0.5) is 0 Å². The Hall–Kier alpha value is -1.86. The van der Waals surface area contributed by atoms with Crippen LogP contribution in [-0.4, -0.2) is 29.1 Å². The predicted octanol–water partition coefficient (Wildman–Crippen LogP) is 2.64. The number of nitrogens with zero attached hydrogens (tertiary/aromatic N) is 3. The molecule has 2 aromatic rings. The largest absolute Gasteiger partial charge is 0.264 e. The fourth-order valence-electron chi connectivity index (χ4n) is 2.91. The van der Waals surface area contributed by atoms with Gasteiger partial charge < -0.3 is 0 Å². The summed E-state index contributed by atoms with van der Waals surface area (Å²) in [6.07, 6.45) is 9.28. The summed E-state index contributed by atoms with van der Waals surface area (Å²) < 4.78 is 27.2. The molecule has 0 radical (unpaired) electrons. The van der Waals surface area contributed by atoms with Gasteiger partial charge in [0.1, 0.15) is 0 Å². The van der Waals surface area contributed by atoms with E-state index < -0.39 is 10.0 Å². The van der Waals surface area contributed by atoms with E-state index in [-0.39, 0.29) is 11.8 Å². The molecule has 128 valence electrons. The molecule has 1 aliphatic carbocycles. The highest BCUT2D eigenvalue weighted by atomic mass is 32.2. The van der Waals surface area contributed by atoms with E-state index in [1.807, 2.05) is 19.1 Å². The molecule has 7 heteroatoms. The van der Waals surface area contributed by atoms with Crippen LogP contribution < -0.4 is 4.72 Å². The molecule has 0 aliphatic heterocycles. The third-order valence-electron chi connectivity index (χ3n) is 4.19. The summed E-state index contributed by atoms with van der Waals surface area (Å²) in [6.45, 7) is 1.99. The smallest absolute Gasteiger partial charge is 0.212 e. The summed E-state index contributed by atoms with van der Waals surface area (Å²) in [7, 11) is -3.26. The van der Waals surface area contributed by atoms with Crippen molar-refractivity contribution >= 4 is 10.0 Å². The molecule has 6 nitrogen and oxygen atoms in total. The molecule has 0 amide bonds. The lowest BCUT2D eigenvalue weighted by Crippen LogP contribution is -2.33. The third kappa shape index (κ3) is 3.96. The van der Waals surface area contributed by atoms with Crippen LogP contribution in [0, 0.1) is 0 Å². The Bertz CT molecular complexity index is 793. The highest BCUT2D eigenvalue weighted by Gasteiger charge is 2.26. The van der Waals surface area contributed by atoms with Crippen molar-refractivity contribution in [3.63, 3.8) is 0 Å². The standard InChI is InChI=1S/C17H22N4O2S/c1-2-3-10-24(22,23)21-16-8-4-7-15-14(16)12-19-17(20-15)13-6-5-9-18-11-13/h5-6,9,11-12,16,21H,2-4,7-8,10H2,1H3. The van der Waals surface area contributed by atoms with Crippen molar-refractivity contribution < 1.29 is 8.42 Å². The van der Waals surface area contributed by atoms with E-state index in [2.05, 4.69) is 19.7 Å². The van der Waals surface area contributed by atoms with Crippen LogP contribution in [-0.2, 0) is 16.4 Å². The Labute approximate surface area is 142 Å². The molecule has 1 N–H and O–H groups in total. The van der Waals surface area contributed by atoms with Gasteiger partial charge in [-0.3, -0.25) is 4.98 Å². The zero-order chi connectivity index (χ0) is 17.0. The summed E-state index contributed by atoms with van der Waals surface area (Å²) in [4.78, 5) is 13.2. The van der Waals surface area contributed by atoms with Gasteiger partial charge in [0.15, 0.2) is 5.82 Å². The van der Waals surface area contributed by atoms with E-state index in [4.69, 9.17) is 0 Å². The molecule has 0 aromatic carbocycles. The van der Waals surface area contributed by atoms with Crippen molar-refractivity contribution in [2.45, 2.75) is 45.1 Å². The van der Waals surface area contributed by atoms with Gasteiger partial charge in [0.25, 0.3) is 0 Å². The Kier molecular flexibility index (Phi) is 5.20. The molecule has 2 aromatic heterocycles. The van der Waals surface area contributed by atoms with E-state index in [1.54, 1.807) is 18.6 Å². The number of aromatic nitrogens is 3. The second-order valence-corrected chi connectivity index (χ2v) is 7.95. The van der Waals surface area contributed by atoms with Gasteiger partial charge in [0.2, 0.25) is 10.0 Å². The Morgan fingerprint density at radius 3 is 2.96 bits per heavy atom. The van der Waals surface area contributed by atoms with Gasteiger partial charge in [-0.25, -0.2) is 23.1 Å². The monoisotopic (exact) mass is 346 g/mol. The SMILES string of the molecule is CCCCS(=O)(=O)NC1CCCc2nc(-c3cccnc3)ncc21. The third-order valence-corrected chi connectivity index (χ3v) is 5.66. The normalized spacial score (nSPS) is 17.5. The van der Waals surface area contributed by atoms with Crippen LogP contribution in [0.3, 0.4) is 0 Å². The van der Waals surface area contributed by atoms with E-state index in [9.17, 15) is 8.42 Å². The Morgan fingerprint density at radius 1 is 1.33 bits per heavy atom. The topological polar surface area (TPSA) is 84.8 Å². The van der Waals surface area contributed by atoms with Gasteiger partial charge in [-0.1, -0.05) is 13.3 Å². The molecule has 3 rings (SSSR count). The number of unbranched alkanes of at least 4 members (excludes halogenated alkanes) is 1. The number of rotatable bonds is 6. The summed E-state index contributed by atoms with van der Waals surface area (Å²) >= 11 is 0. The molecule has 0 fully saturated rings. The quantitative estimate of drug-likeness (QED) is 0.869. The Morgan fingerprint density at radius 2 is 2.21 bits per heavy atom. The predicted molar refractivity (Wildman–Crippen MR) is 92.8 cm³/mol. The minimum absolute atomic E-state index is 0.171. The average molecular weight is 346 g/mol. The van der Waals surface area contributed by atoms with Crippen molar-refractivity contribution in [3.05, 3.63) is 42.0 Å². The number of fused-ring (bicyclic) bond motifs is 1. The van der Waals surface area contributed by atoms with E-state index in [1.165, 1.54) is 0 Å². The Balaban J connectivity index is 1.84. The number of hydrogen-bond acceptors (Lipinski definition) is 5. The van der Waals surface area contributed by atoms with Gasteiger partial charge in [-0.2, -0.15) is 0 Å². The number of hydrogen-bond donors (Lipinski definition) is 1. The van der Waals surface area contributed by atoms with Gasteiger partial charge in [-0.15, -0.1) is 0 Å². The summed E-state index contributed by atoms with van der Waals surface area (Å²) in [5.74, 6) is 0.806. The number of aryl methyl sites for hydroxylation is 1.